The molecule has 178 valence electrons. The van der Waals surface area contributed by atoms with Crippen molar-refractivity contribution in [1.29, 1.82) is 0 Å². The average molecular weight is 472 g/mol. The van der Waals surface area contributed by atoms with Crippen molar-refractivity contribution in [2.24, 2.45) is 5.41 Å². The summed E-state index contributed by atoms with van der Waals surface area (Å²) in [6.45, 7) is 7.50. The van der Waals surface area contributed by atoms with E-state index in [4.69, 9.17) is 4.98 Å². The number of nitrogens with zero attached hydrogens (tertiary/aromatic N) is 5. The summed E-state index contributed by atoms with van der Waals surface area (Å²) in [5, 5.41) is 13.4. The quantitative estimate of drug-likeness (QED) is 0.343. The van der Waals surface area contributed by atoms with Crippen LogP contribution in [0.25, 0.3) is 22.5 Å². The number of hydrogen-bond donors (Lipinski definition) is 0. The molecule has 1 saturated carbocycles. The van der Waals surface area contributed by atoms with E-state index in [-0.39, 0.29) is 22.6 Å². The van der Waals surface area contributed by atoms with Crippen molar-refractivity contribution in [2.75, 3.05) is 0 Å². The van der Waals surface area contributed by atoms with Crippen LogP contribution in [-0.2, 0) is 12.0 Å². The molecule has 0 N–H and O–H groups in total. The maximum atomic E-state index is 14.5. The first-order valence-electron chi connectivity index (χ1n) is 12.2. The van der Waals surface area contributed by atoms with Crippen LogP contribution >= 0.6 is 0 Å². The van der Waals surface area contributed by atoms with Gasteiger partial charge in [-0.3, -0.25) is 9.67 Å². The molecule has 0 amide bonds. The molecule has 6 rings (SSSR count). The molecule has 0 aliphatic heterocycles. The predicted octanol–water partition coefficient (Wildman–Crippen LogP) is 6.29. The van der Waals surface area contributed by atoms with E-state index in [1.807, 2.05) is 35.3 Å². The van der Waals surface area contributed by atoms with Crippen LogP contribution in [0.5, 0.6) is 0 Å². The number of fused-ring (bicyclic) bond motifs is 5. The van der Waals surface area contributed by atoms with Gasteiger partial charge in [-0.05, 0) is 66.5 Å². The fraction of sp³-hybridized carbons (Fsp3) is 0.357. The number of hydrogen-bond acceptors (Lipinski definition) is 4. The topological polar surface area (TPSA) is 56.5 Å². The number of aromatic nitrogens is 5. The van der Waals surface area contributed by atoms with Crippen molar-refractivity contribution in [3.63, 3.8) is 0 Å². The Balaban J connectivity index is 1.48. The molecular formula is C28H27F2N5. The molecule has 0 radical (unpaired) electrons. The van der Waals surface area contributed by atoms with Crippen LogP contribution in [0.15, 0.2) is 54.9 Å². The Bertz CT molecular complexity index is 1420. The second kappa shape index (κ2) is 7.77. The van der Waals surface area contributed by atoms with Crippen molar-refractivity contribution >= 4 is 0 Å². The molecule has 3 aromatic heterocycles. The number of rotatable bonds is 5. The van der Waals surface area contributed by atoms with Crippen LogP contribution in [0.4, 0.5) is 8.78 Å². The second-order valence-electron chi connectivity index (χ2n) is 10.2. The minimum absolute atomic E-state index is 0.123. The van der Waals surface area contributed by atoms with Crippen molar-refractivity contribution < 1.29 is 8.78 Å². The number of halogens is 2. The first kappa shape index (κ1) is 22.0. The Kier molecular flexibility index (Phi) is 4.88. The third kappa shape index (κ3) is 3.03. The monoisotopic (exact) mass is 471 g/mol. The summed E-state index contributed by atoms with van der Waals surface area (Å²) >= 11 is 0. The maximum absolute atomic E-state index is 14.5. The Labute approximate surface area is 203 Å². The van der Waals surface area contributed by atoms with Crippen LogP contribution in [-0.4, -0.2) is 25.0 Å². The first-order valence-corrected chi connectivity index (χ1v) is 12.2. The van der Waals surface area contributed by atoms with Crippen molar-refractivity contribution in [3.8, 4) is 22.5 Å². The van der Waals surface area contributed by atoms with Gasteiger partial charge in [0.2, 0.25) is 0 Å². The molecule has 2 bridgehead atoms. The number of aryl methyl sites for hydroxylation is 1. The van der Waals surface area contributed by atoms with Crippen LogP contribution < -0.4 is 0 Å². The summed E-state index contributed by atoms with van der Waals surface area (Å²) in [6.07, 6.45) is 6.78. The fourth-order valence-electron chi connectivity index (χ4n) is 6.44. The molecule has 1 aromatic carbocycles. The van der Waals surface area contributed by atoms with Crippen molar-refractivity contribution in [1.82, 2.24) is 25.0 Å². The summed E-state index contributed by atoms with van der Waals surface area (Å²) in [6, 6.07) is 11.8. The van der Waals surface area contributed by atoms with Crippen molar-refractivity contribution in [3.05, 3.63) is 83.4 Å². The molecule has 35 heavy (non-hydrogen) atoms. The van der Waals surface area contributed by atoms with Gasteiger partial charge in [-0.15, -0.1) is 5.10 Å². The smallest absolute Gasteiger partial charge is 0.135 e. The molecule has 5 nitrogen and oxygen atoms in total. The highest BCUT2D eigenvalue weighted by molar-refractivity contribution is 5.65. The van der Waals surface area contributed by atoms with Gasteiger partial charge in [0, 0.05) is 18.3 Å². The minimum atomic E-state index is -0.630. The zero-order valence-electron chi connectivity index (χ0n) is 20.1. The Morgan fingerprint density at radius 3 is 2.57 bits per heavy atom. The molecular weight excluding hydrogens is 444 g/mol. The number of benzene rings is 1. The summed E-state index contributed by atoms with van der Waals surface area (Å²) in [7, 11) is 0. The molecule has 2 aliphatic rings. The summed E-state index contributed by atoms with van der Waals surface area (Å²) in [5.74, 6) is -1.05. The molecule has 2 atom stereocenters. The van der Waals surface area contributed by atoms with E-state index in [0.717, 1.165) is 54.0 Å². The highest BCUT2D eigenvalue weighted by Crippen LogP contribution is 2.69. The zero-order valence-corrected chi connectivity index (χ0v) is 20.1. The number of pyridine rings is 1. The lowest BCUT2D eigenvalue weighted by Crippen LogP contribution is -2.37. The van der Waals surface area contributed by atoms with E-state index in [2.05, 4.69) is 42.1 Å². The Hall–Kier alpha value is -3.48. The van der Waals surface area contributed by atoms with Crippen LogP contribution in [0.2, 0.25) is 0 Å². The van der Waals surface area contributed by atoms with E-state index in [1.165, 1.54) is 18.2 Å². The fourth-order valence-corrected chi connectivity index (χ4v) is 6.44. The molecule has 4 aromatic rings. The lowest BCUT2D eigenvalue weighted by atomic mass is 9.66. The van der Waals surface area contributed by atoms with E-state index >= 15 is 0 Å². The van der Waals surface area contributed by atoms with Crippen LogP contribution in [0, 0.1) is 17.0 Å². The molecule has 1 fully saturated rings. The maximum Gasteiger partial charge on any atom is 0.135 e. The average Bonchev–Trinajstić information content (AvgIpc) is 3.47. The van der Waals surface area contributed by atoms with Gasteiger partial charge < -0.3 is 0 Å². The van der Waals surface area contributed by atoms with E-state index in [1.54, 1.807) is 0 Å². The molecule has 0 unspecified atom stereocenters. The predicted molar refractivity (Wildman–Crippen MR) is 130 cm³/mol. The SMILES string of the molecule is CCCn1cc(-c2cccc([C@@]34CC[C@@H](c5cc(-c6c(F)cccc6F)nnc53)C4(C)C)n2)cn1. The second-order valence-corrected chi connectivity index (χ2v) is 10.2. The van der Waals surface area contributed by atoms with E-state index < -0.39 is 17.0 Å². The first-order chi connectivity index (χ1) is 16.9. The van der Waals surface area contributed by atoms with Gasteiger partial charge in [0.25, 0.3) is 0 Å². The molecule has 7 heteroatoms. The third-order valence-electron chi connectivity index (χ3n) is 8.17. The molecule has 0 saturated heterocycles. The highest BCUT2D eigenvalue weighted by atomic mass is 19.1. The summed E-state index contributed by atoms with van der Waals surface area (Å²) < 4.78 is 30.9. The molecule has 0 spiro atoms. The van der Waals surface area contributed by atoms with Gasteiger partial charge in [0.1, 0.15) is 11.6 Å². The van der Waals surface area contributed by atoms with Gasteiger partial charge in [-0.1, -0.05) is 32.9 Å². The van der Waals surface area contributed by atoms with Crippen LogP contribution in [0.1, 0.15) is 62.9 Å². The Morgan fingerprint density at radius 2 is 1.80 bits per heavy atom. The van der Waals surface area contributed by atoms with Gasteiger partial charge >= 0.3 is 0 Å². The van der Waals surface area contributed by atoms with Crippen molar-refractivity contribution in [2.45, 2.75) is 57.9 Å². The lowest BCUT2D eigenvalue weighted by Gasteiger charge is -2.37. The highest BCUT2D eigenvalue weighted by Gasteiger charge is 2.65. The summed E-state index contributed by atoms with van der Waals surface area (Å²) in [4.78, 5) is 5.13. The standard InChI is InChI=1S/C28H27F2N5/c1-4-13-35-16-17(15-31-35)22-9-6-10-24(32-22)28-12-11-19(27(28,2)3)18-14-23(33-34-26(18)28)25-20(29)7-5-8-21(25)30/h5-10,14-16,19H,4,11-13H2,1-3H3/t19-,28-/m0/s1. The third-order valence-corrected chi connectivity index (χ3v) is 8.17. The molecule has 2 aliphatic carbocycles. The lowest BCUT2D eigenvalue weighted by molar-refractivity contribution is 0.243. The zero-order chi connectivity index (χ0) is 24.4. The van der Waals surface area contributed by atoms with E-state index in [0.29, 0.717) is 0 Å². The van der Waals surface area contributed by atoms with Gasteiger partial charge in [-0.25, -0.2) is 8.78 Å². The minimum Gasteiger partial charge on any atom is -0.272 e. The molecule has 3 heterocycles. The summed E-state index contributed by atoms with van der Waals surface area (Å²) in [5.41, 5.74) is 4.26. The van der Waals surface area contributed by atoms with Gasteiger partial charge in [0.15, 0.2) is 0 Å². The largest absolute Gasteiger partial charge is 0.272 e. The normalized spacial score (nSPS) is 21.9. The Morgan fingerprint density at radius 1 is 1.03 bits per heavy atom. The van der Waals surface area contributed by atoms with Gasteiger partial charge in [-0.2, -0.15) is 10.2 Å². The van der Waals surface area contributed by atoms with E-state index in [9.17, 15) is 8.78 Å². The van der Waals surface area contributed by atoms with Crippen LogP contribution in [0.3, 0.4) is 0 Å². The van der Waals surface area contributed by atoms with Gasteiger partial charge in [0.05, 0.1) is 40.0 Å².